The van der Waals surface area contributed by atoms with Gasteiger partial charge in [-0.15, -0.1) is 0 Å². The van der Waals surface area contributed by atoms with Gasteiger partial charge in [0.05, 0.1) is 10.5 Å². The summed E-state index contributed by atoms with van der Waals surface area (Å²) in [4.78, 5) is 47.3. The Morgan fingerprint density at radius 1 is 1.27 bits per heavy atom. The van der Waals surface area contributed by atoms with Crippen molar-refractivity contribution in [3.8, 4) is 0 Å². The fourth-order valence-electron chi connectivity index (χ4n) is 2.21. The van der Waals surface area contributed by atoms with E-state index in [1.54, 1.807) is 20.8 Å². The van der Waals surface area contributed by atoms with E-state index in [2.05, 4.69) is 5.32 Å². The summed E-state index contributed by atoms with van der Waals surface area (Å²) in [7, 11) is 0. The molecule has 0 radical (unpaired) electrons. The molecule has 8 heteroatoms. The molecular weight excluding hydrogens is 290 g/mol. The zero-order valence-corrected chi connectivity index (χ0v) is 12.4. The van der Waals surface area contributed by atoms with Gasteiger partial charge < -0.3 is 5.32 Å². The lowest BCUT2D eigenvalue weighted by molar-refractivity contribution is -0.385. The topological polar surface area (TPSA) is 110 Å². The van der Waals surface area contributed by atoms with Gasteiger partial charge in [0.15, 0.2) is 0 Å². The Kier molecular flexibility index (Phi) is 3.70. The first-order chi connectivity index (χ1) is 10.1. The van der Waals surface area contributed by atoms with Crippen LogP contribution in [0.4, 0.5) is 5.69 Å². The fraction of sp³-hybridized carbons (Fsp3) is 0.357. The summed E-state index contributed by atoms with van der Waals surface area (Å²) in [5.74, 6) is -2.03. The second-order valence-corrected chi connectivity index (χ2v) is 5.95. The van der Waals surface area contributed by atoms with Crippen molar-refractivity contribution in [3.05, 3.63) is 39.4 Å². The number of hydrogen-bond acceptors (Lipinski definition) is 5. The van der Waals surface area contributed by atoms with Crippen molar-refractivity contribution < 1.29 is 19.3 Å². The Labute approximate surface area is 126 Å². The number of amides is 3. The quantitative estimate of drug-likeness (QED) is 0.511. The molecule has 1 N–H and O–H groups in total. The van der Waals surface area contributed by atoms with E-state index in [9.17, 15) is 24.5 Å². The molecule has 2 rings (SSSR count). The molecule has 1 aromatic rings. The Morgan fingerprint density at radius 2 is 1.91 bits per heavy atom. The summed E-state index contributed by atoms with van der Waals surface area (Å²) in [6, 6.07) is 3.83. The molecule has 0 spiro atoms. The minimum absolute atomic E-state index is 0.0530. The highest BCUT2D eigenvalue weighted by Gasteiger charge is 2.41. The molecule has 0 atom stereocenters. The molecule has 1 heterocycles. The normalized spacial score (nSPS) is 14.0. The number of fused-ring (bicyclic) bond motifs is 1. The van der Waals surface area contributed by atoms with Crippen molar-refractivity contribution in [2.75, 3.05) is 6.54 Å². The Bertz CT molecular complexity index is 690. The van der Waals surface area contributed by atoms with Crippen molar-refractivity contribution in [1.29, 1.82) is 0 Å². The molecule has 22 heavy (non-hydrogen) atoms. The van der Waals surface area contributed by atoms with Crippen LogP contribution in [0.25, 0.3) is 0 Å². The molecule has 0 bridgehead atoms. The molecule has 3 amide bonds. The fourth-order valence-corrected chi connectivity index (χ4v) is 2.21. The van der Waals surface area contributed by atoms with Crippen LogP contribution in [0.3, 0.4) is 0 Å². The third-order valence-corrected chi connectivity index (χ3v) is 2.99. The van der Waals surface area contributed by atoms with Crippen LogP contribution in [0, 0.1) is 10.1 Å². The summed E-state index contributed by atoms with van der Waals surface area (Å²) in [6.45, 7) is 4.81. The molecule has 1 aliphatic rings. The van der Waals surface area contributed by atoms with Crippen LogP contribution in [0.1, 0.15) is 41.5 Å². The third-order valence-electron chi connectivity index (χ3n) is 2.99. The first-order valence-electron chi connectivity index (χ1n) is 6.56. The molecule has 116 valence electrons. The van der Waals surface area contributed by atoms with Gasteiger partial charge in [-0.25, -0.2) is 0 Å². The Hall–Kier alpha value is -2.77. The molecule has 8 nitrogen and oxygen atoms in total. The van der Waals surface area contributed by atoms with Gasteiger partial charge in [0.2, 0.25) is 5.91 Å². The number of imide groups is 1. The van der Waals surface area contributed by atoms with E-state index in [1.165, 1.54) is 12.1 Å². The highest BCUT2D eigenvalue weighted by Crippen LogP contribution is 2.30. The van der Waals surface area contributed by atoms with Gasteiger partial charge in [0, 0.05) is 11.6 Å². The maximum Gasteiger partial charge on any atom is 0.282 e. The van der Waals surface area contributed by atoms with Crippen molar-refractivity contribution >= 4 is 23.4 Å². The van der Waals surface area contributed by atoms with Gasteiger partial charge in [-0.05, 0) is 26.8 Å². The first-order valence-corrected chi connectivity index (χ1v) is 6.56. The number of carbonyl (C=O) groups excluding carboxylic acids is 3. The van der Waals surface area contributed by atoms with Gasteiger partial charge in [-0.1, -0.05) is 6.07 Å². The van der Waals surface area contributed by atoms with E-state index in [0.29, 0.717) is 0 Å². The van der Waals surface area contributed by atoms with E-state index >= 15 is 0 Å². The van der Waals surface area contributed by atoms with E-state index in [0.717, 1.165) is 11.0 Å². The van der Waals surface area contributed by atoms with Crippen LogP contribution in [0.15, 0.2) is 18.2 Å². The molecule has 0 saturated heterocycles. The first kappa shape index (κ1) is 15.6. The van der Waals surface area contributed by atoms with E-state index in [1.807, 2.05) is 0 Å². The number of nitrogens with one attached hydrogen (secondary N) is 1. The largest absolute Gasteiger partial charge is 0.350 e. The molecule has 0 unspecified atom stereocenters. The lowest BCUT2D eigenvalue weighted by Gasteiger charge is -2.22. The second-order valence-electron chi connectivity index (χ2n) is 5.95. The number of rotatable bonds is 3. The molecule has 1 aliphatic heterocycles. The average Bonchev–Trinajstić information content (AvgIpc) is 2.62. The van der Waals surface area contributed by atoms with Crippen molar-refractivity contribution in [1.82, 2.24) is 10.2 Å². The van der Waals surface area contributed by atoms with Gasteiger partial charge in [-0.2, -0.15) is 0 Å². The molecule has 0 fully saturated rings. The number of nitro groups is 1. The Morgan fingerprint density at radius 3 is 2.45 bits per heavy atom. The zero-order valence-electron chi connectivity index (χ0n) is 12.4. The number of nitro benzene ring substituents is 1. The van der Waals surface area contributed by atoms with Crippen LogP contribution in [-0.4, -0.2) is 39.6 Å². The van der Waals surface area contributed by atoms with Crippen LogP contribution in [0.2, 0.25) is 0 Å². The molecule has 0 aromatic heterocycles. The summed E-state index contributed by atoms with van der Waals surface area (Å²) in [5.41, 5.74) is -1.26. The Balaban J connectivity index is 2.30. The van der Waals surface area contributed by atoms with Gasteiger partial charge in [-0.3, -0.25) is 29.4 Å². The number of carbonyl (C=O) groups is 3. The van der Waals surface area contributed by atoms with Crippen molar-refractivity contribution in [2.45, 2.75) is 26.3 Å². The minimum atomic E-state index is -0.823. The van der Waals surface area contributed by atoms with Crippen LogP contribution in [0.5, 0.6) is 0 Å². The SMILES string of the molecule is CC(C)(C)NC(=O)CN1C(=O)c2cccc([N+](=O)[O-])c2C1=O. The number of nitrogens with zero attached hydrogens (tertiary/aromatic N) is 2. The summed E-state index contributed by atoms with van der Waals surface area (Å²) < 4.78 is 0. The van der Waals surface area contributed by atoms with E-state index in [-0.39, 0.29) is 11.1 Å². The van der Waals surface area contributed by atoms with Gasteiger partial charge in [0.25, 0.3) is 17.5 Å². The van der Waals surface area contributed by atoms with Crippen molar-refractivity contribution in [3.63, 3.8) is 0 Å². The predicted octanol–water partition coefficient (Wildman–Crippen LogP) is 1.11. The average molecular weight is 305 g/mol. The standard InChI is InChI=1S/C14H15N3O5/c1-14(2,3)15-10(18)7-16-12(19)8-5-4-6-9(17(21)22)11(8)13(16)20/h4-6H,7H2,1-3H3,(H,15,18). The van der Waals surface area contributed by atoms with Crippen molar-refractivity contribution in [2.24, 2.45) is 0 Å². The lowest BCUT2D eigenvalue weighted by Crippen LogP contribution is -2.47. The number of benzene rings is 1. The summed E-state index contributed by atoms with van der Waals surface area (Å²) in [5, 5.41) is 13.6. The smallest absolute Gasteiger partial charge is 0.282 e. The van der Waals surface area contributed by atoms with Crippen LogP contribution < -0.4 is 5.32 Å². The number of hydrogen-bond donors (Lipinski definition) is 1. The summed E-state index contributed by atoms with van der Waals surface area (Å²) in [6.07, 6.45) is 0. The van der Waals surface area contributed by atoms with E-state index in [4.69, 9.17) is 0 Å². The van der Waals surface area contributed by atoms with Crippen LogP contribution in [-0.2, 0) is 4.79 Å². The maximum atomic E-state index is 12.3. The molecule has 0 saturated carbocycles. The molecular formula is C14H15N3O5. The highest BCUT2D eigenvalue weighted by molar-refractivity contribution is 6.24. The molecule has 0 aliphatic carbocycles. The van der Waals surface area contributed by atoms with Gasteiger partial charge in [0.1, 0.15) is 12.1 Å². The lowest BCUT2D eigenvalue weighted by atomic mass is 10.1. The van der Waals surface area contributed by atoms with Crippen LogP contribution >= 0.6 is 0 Å². The predicted molar refractivity (Wildman–Crippen MR) is 76.4 cm³/mol. The zero-order chi connectivity index (χ0) is 16.7. The van der Waals surface area contributed by atoms with Gasteiger partial charge >= 0.3 is 0 Å². The third kappa shape index (κ3) is 2.80. The summed E-state index contributed by atoms with van der Waals surface area (Å²) >= 11 is 0. The second kappa shape index (κ2) is 5.21. The van der Waals surface area contributed by atoms with E-state index < -0.39 is 40.4 Å². The highest BCUT2D eigenvalue weighted by atomic mass is 16.6. The monoisotopic (exact) mass is 305 g/mol. The maximum absolute atomic E-state index is 12.3. The minimum Gasteiger partial charge on any atom is -0.350 e. The molecule has 1 aromatic carbocycles.